The van der Waals surface area contributed by atoms with Crippen LogP contribution in [0.25, 0.3) is 145 Å². The van der Waals surface area contributed by atoms with E-state index in [0.29, 0.717) is 0 Å². The van der Waals surface area contributed by atoms with Crippen LogP contribution in [0.5, 0.6) is 0 Å². The van der Waals surface area contributed by atoms with Gasteiger partial charge in [-0.2, -0.15) is 0 Å². The number of rotatable bonds is 10. The molecule has 11 aromatic carbocycles. The summed E-state index contributed by atoms with van der Waals surface area (Å²) < 4.78 is 4.70. The molecule has 15 aromatic rings. The maximum Gasteiger partial charge on any atom is 0.138 e. The van der Waals surface area contributed by atoms with Crippen LogP contribution in [0.2, 0.25) is 0 Å². The summed E-state index contributed by atoms with van der Waals surface area (Å²) in [6, 6.07) is 109. The van der Waals surface area contributed by atoms with E-state index in [2.05, 4.69) is 312 Å². The van der Waals surface area contributed by atoms with Crippen molar-refractivity contribution in [2.45, 2.75) is 0 Å². The van der Waals surface area contributed by atoms with Crippen molar-refractivity contribution >= 4 is 43.6 Å². The first-order chi connectivity index (χ1) is 39.6. The van der Waals surface area contributed by atoms with Crippen LogP contribution >= 0.6 is 0 Å². The van der Waals surface area contributed by atoms with E-state index < -0.39 is 0 Å². The highest BCUT2D eigenvalue weighted by Gasteiger charge is 2.21. The lowest BCUT2D eigenvalue weighted by molar-refractivity contribution is 1.08. The number of pyridine rings is 2. The van der Waals surface area contributed by atoms with Crippen molar-refractivity contribution < 1.29 is 0 Å². The highest BCUT2D eigenvalue weighted by atomic mass is 15.1. The molecule has 0 aliphatic heterocycles. The number of benzene rings is 11. The predicted molar refractivity (Wildman–Crippen MR) is 334 cm³/mol. The van der Waals surface area contributed by atoms with Gasteiger partial charge in [-0.3, -0.25) is 9.13 Å². The molecule has 0 bridgehead atoms. The van der Waals surface area contributed by atoms with Crippen LogP contribution in [0.4, 0.5) is 0 Å². The van der Waals surface area contributed by atoms with E-state index in [9.17, 15) is 0 Å². The quantitative estimate of drug-likeness (QED) is 0.137. The summed E-state index contributed by atoms with van der Waals surface area (Å²) in [7, 11) is 0. The molecule has 0 spiro atoms. The Balaban J connectivity index is 0.915. The molecule has 15 rings (SSSR count). The Labute approximate surface area is 464 Å². The number of hydrogen-bond donors (Lipinski definition) is 0. The second-order valence-electron chi connectivity index (χ2n) is 20.6. The van der Waals surface area contributed by atoms with Crippen molar-refractivity contribution in [3.63, 3.8) is 0 Å². The van der Waals surface area contributed by atoms with Gasteiger partial charge >= 0.3 is 0 Å². The van der Waals surface area contributed by atoms with Gasteiger partial charge in [-0.1, -0.05) is 224 Å². The molecular formula is C76H50N4. The molecule has 0 saturated carbocycles. The minimum Gasteiger partial charge on any atom is -0.294 e. The Kier molecular flexibility index (Phi) is 11.5. The third-order valence-electron chi connectivity index (χ3n) is 15.7. The molecule has 80 heavy (non-hydrogen) atoms. The van der Waals surface area contributed by atoms with Crippen LogP contribution < -0.4 is 0 Å². The summed E-state index contributed by atoms with van der Waals surface area (Å²) in [5.41, 5.74) is 21.9. The first kappa shape index (κ1) is 46.6. The molecule has 374 valence electrons. The Morgan fingerprint density at radius 1 is 0.175 bits per heavy atom. The molecule has 0 fully saturated rings. The van der Waals surface area contributed by atoms with Gasteiger partial charge in [0, 0.05) is 32.7 Å². The van der Waals surface area contributed by atoms with Gasteiger partial charge in [-0.15, -0.1) is 0 Å². The number of hydrogen-bond acceptors (Lipinski definition) is 2. The van der Waals surface area contributed by atoms with Gasteiger partial charge in [0.05, 0.1) is 33.5 Å². The number of fused-ring (bicyclic) bond motifs is 6. The van der Waals surface area contributed by atoms with E-state index in [-0.39, 0.29) is 0 Å². The van der Waals surface area contributed by atoms with Crippen molar-refractivity contribution in [2.24, 2.45) is 0 Å². The van der Waals surface area contributed by atoms with Crippen molar-refractivity contribution in [2.75, 3.05) is 0 Å². The van der Waals surface area contributed by atoms with Crippen LogP contribution in [-0.2, 0) is 0 Å². The summed E-state index contributed by atoms with van der Waals surface area (Å²) in [4.78, 5) is 11.3. The van der Waals surface area contributed by atoms with Crippen LogP contribution in [0.15, 0.2) is 303 Å². The van der Waals surface area contributed by atoms with E-state index in [1.54, 1.807) is 0 Å². The molecule has 0 N–H and O–H groups in total. The molecular weight excluding hydrogens is 969 g/mol. The van der Waals surface area contributed by atoms with E-state index in [0.717, 1.165) is 78.5 Å². The minimum atomic E-state index is 0.843. The third-order valence-corrected chi connectivity index (χ3v) is 15.7. The highest BCUT2D eigenvalue weighted by Crippen LogP contribution is 2.41. The Hall–Kier alpha value is -10.7. The SMILES string of the molecule is c1ccc(-c2cc(-c3cccc(-c4cc(-c5ccccc5)cc(-n5c6ccc(-c7ccccc7)cc6c6cc(-c7ccccc7)ccc65)n4)c3)nc(-n3c4ccc(-c5ccccc5)cc4c4cc(-c5ccccc5)ccc43)c2)cc1. The van der Waals surface area contributed by atoms with Crippen LogP contribution in [-0.4, -0.2) is 19.1 Å². The molecule has 0 amide bonds. The maximum absolute atomic E-state index is 5.66. The summed E-state index contributed by atoms with van der Waals surface area (Å²) >= 11 is 0. The van der Waals surface area contributed by atoms with Gasteiger partial charge in [0.25, 0.3) is 0 Å². The van der Waals surface area contributed by atoms with Gasteiger partial charge in [0.15, 0.2) is 0 Å². The molecule has 0 radical (unpaired) electrons. The minimum absolute atomic E-state index is 0.843. The van der Waals surface area contributed by atoms with Crippen LogP contribution in [0.1, 0.15) is 0 Å². The Morgan fingerprint density at radius 2 is 0.425 bits per heavy atom. The fourth-order valence-electron chi connectivity index (χ4n) is 11.8. The fourth-order valence-corrected chi connectivity index (χ4v) is 11.8. The monoisotopic (exact) mass is 1020 g/mol. The summed E-state index contributed by atoms with van der Waals surface area (Å²) in [5, 5.41) is 4.69. The Morgan fingerprint density at radius 3 is 0.700 bits per heavy atom. The third kappa shape index (κ3) is 8.44. The predicted octanol–water partition coefficient (Wildman–Crippen LogP) is 20.0. The average molecular weight is 1020 g/mol. The van der Waals surface area contributed by atoms with E-state index in [1.165, 1.54) is 66.1 Å². The number of nitrogens with zero attached hydrogens (tertiary/aromatic N) is 4. The van der Waals surface area contributed by atoms with Crippen molar-refractivity contribution in [3.8, 4) is 101 Å². The molecule has 4 aromatic heterocycles. The van der Waals surface area contributed by atoms with E-state index in [1.807, 2.05) is 0 Å². The molecule has 4 heteroatoms. The molecule has 0 aliphatic rings. The van der Waals surface area contributed by atoms with Gasteiger partial charge in [0.1, 0.15) is 11.6 Å². The second-order valence-corrected chi connectivity index (χ2v) is 20.6. The topological polar surface area (TPSA) is 35.6 Å². The molecule has 0 unspecified atom stereocenters. The average Bonchev–Trinajstić information content (AvgIpc) is 4.24. The first-order valence-electron chi connectivity index (χ1n) is 27.3. The molecule has 0 aliphatic carbocycles. The van der Waals surface area contributed by atoms with Gasteiger partial charge < -0.3 is 0 Å². The van der Waals surface area contributed by atoms with Crippen LogP contribution in [0, 0.1) is 0 Å². The van der Waals surface area contributed by atoms with E-state index in [4.69, 9.17) is 9.97 Å². The maximum atomic E-state index is 5.66. The summed E-state index contributed by atoms with van der Waals surface area (Å²) in [5.74, 6) is 1.69. The fraction of sp³-hybridized carbons (Fsp3) is 0. The summed E-state index contributed by atoms with van der Waals surface area (Å²) in [6.07, 6.45) is 0. The van der Waals surface area contributed by atoms with Crippen molar-refractivity contribution in [1.29, 1.82) is 0 Å². The molecule has 4 heterocycles. The molecule has 0 atom stereocenters. The van der Waals surface area contributed by atoms with Crippen molar-refractivity contribution in [3.05, 3.63) is 303 Å². The first-order valence-corrected chi connectivity index (χ1v) is 27.3. The van der Waals surface area contributed by atoms with E-state index >= 15 is 0 Å². The van der Waals surface area contributed by atoms with Gasteiger partial charge in [0.2, 0.25) is 0 Å². The van der Waals surface area contributed by atoms with Crippen molar-refractivity contribution in [1.82, 2.24) is 19.1 Å². The molecule has 4 nitrogen and oxygen atoms in total. The summed E-state index contributed by atoms with van der Waals surface area (Å²) in [6.45, 7) is 0. The lowest BCUT2D eigenvalue weighted by Gasteiger charge is -2.15. The second kappa shape index (κ2) is 19.7. The highest BCUT2D eigenvalue weighted by molar-refractivity contribution is 6.13. The number of aromatic nitrogens is 4. The smallest absolute Gasteiger partial charge is 0.138 e. The Bertz CT molecular complexity index is 4280. The lowest BCUT2D eigenvalue weighted by atomic mass is 9.99. The lowest BCUT2D eigenvalue weighted by Crippen LogP contribution is -2.01. The van der Waals surface area contributed by atoms with Gasteiger partial charge in [-0.05, 0) is 146 Å². The van der Waals surface area contributed by atoms with Crippen LogP contribution in [0.3, 0.4) is 0 Å². The zero-order chi connectivity index (χ0) is 52.9. The zero-order valence-corrected chi connectivity index (χ0v) is 43.7. The zero-order valence-electron chi connectivity index (χ0n) is 43.7. The van der Waals surface area contributed by atoms with Gasteiger partial charge in [-0.25, -0.2) is 9.97 Å². The normalized spacial score (nSPS) is 11.5. The largest absolute Gasteiger partial charge is 0.294 e. The standard InChI is InChI=1S/C76H50N4/c1-7-20-51(21-8-1)57-34-38-71-65(43-57)66-44-58(52-22-9-2-10-23-52)35-39-72(66)79(71)75-49-63(55-28-15-5-16-29-55)47-69(77-75)61-32-19-33-62(42-61)70-48-64(56-30-17-6-18-31-56)50-76(78-70)80-73-40-36-59(53-24-11-3-12-25-53)45-67(73)68-46-60(37-41-74(68)80)54-26-13-4-14-27-54/h1-50H. The molecule has 0 saturated heterocycles.